The van der Waals surface area contributed by atoms with Gasteiger partial charge in [0, 0.05) is 20.6 Å². The van der Waals surface area contributed by atoms with E-state index in [0.717, 1.165) is 20.1 Å². The summed E-state index contributed by atoms with van der Waals surface area (Å²) in [5.41, 5.74) is 2.36. The first-order chi connectivity index (χ1) is 12.4. The number of amides is 1. The predicted molar refractivity (Wildman–Crippen MR) is 108 cm³/mol. The lowest BCUT2D eigenvalue weighted by Crippen LogP contribution is -2.20. The quantitative estimate of drug-likeness (QED) is 0.477. The van der Waals surface area contributed by atoms with Crippen molar-refractivity contribution in [2.75, 3.05) is 19.0 Å². The van der Waals surface area contributed by atoms with Crippen molar-refractivity contribution in [2.24, 2.45) is 0 Å². The molecule has 2 rings (SSSR count). The summed E-state index contributed by atoms with van der Waals surface area (Å²) in [6.45, 7) is 1.55. The average molecular weight is 483 g/mol. The third kappa shape index (κ3) is 5.71. The number of methoxy groups -OCH3 is 1. The summed E-state index contributed by atoms with van der Waals surface area (Å²) < 4.78 is 11.6. The Hall–Kier alpha value is -2.12. The van der Waals surface area contributed by atoms with Crippen molar-refractivity contribution in [1.29, 1.82) is 0 Å². The Labute approximate surface area is 168 Å². The van der Waals surface area contributed by atoms with Gasteiger partial charge in [0.05, 0.1) is 12.8 Å². The summed E-state index contributed by atoms with van der Waals surface area (Å²) in [4.78, 5) is 23.8. The maximum absolute atomic E-state index is 12.0. The predicted octanol–water partition coefficient (Wildman–Crippen LogP) is 4.72. The van der Waals surface area contributed by atoms with Gasteiger partial charge in [-0.05, 0) is 68.6 Å². The van der Waals surface area contributed by atoms with Crippen LogP contribution in [0.4, 0.5) is 5.69 Å². The first kappa shape index (κ1) is 20.2. The Bertz CT molecular complexity index is 826. The molecule has 0 fully saturated rings. The fraction of sp³-hybridized carbons (Fsp3) is 0.158. The molecular weight excluding hydrogens is 466 g/mol. The second-order valence-corrected chi connectivity index (χ2v) is 7.04. The average Bonchev–Trinajstić information content (AvgIpc) is 2.61. The number of aryl methyl sites for hydroxylation is 1. The zero-order chi connectivity index (χ0) is 19.1. The van der Waals surface area contributed by atoms with Crippen LogP contribution >= 0.6 is 31.9 Å². The number of ether oxygens (including phenoxy) is 2. The number of carbonyl (C=O) groups excluding carboxylic acids is 2. The Balaban J connectivity index is 1.91. The van der Waals surface area contributed by atoms with E-state index in [0.29, 0.717) is 11.4 Å². The van der Waals surface area contributed by atoms with Crippen molar-refractivity contribution in [1.82, 2.24) is 0 Å². The molecular formula is C19H17Br2NO4. The van der Waals surface area contributed by atoms with Crippen molar-refractivity contribution in [3.8, 4) is 5.75 Å². The molecule has 2 aromatic rings. The maximum atomic E-state index is 12.0. The number of benzene rings is 2. The minimum atomic E-state index is -0.618. The van der Waals surface area contributed by atoms with E-state index < -0.39 is 11.9 Å². The number of halogens is 2. The van der Waals surface area contributed by atoms with Crippen molar-refractivity contribution in [3.63, 3.8) is 0 Å². The Morgan fingerprint density at radius 2 is 1.81 bits per heavy atom. The third-order valence-electron chi connectivity index (χ3n) is 3.33. The highest BCUT2D eigenvalue weighted by atomic mass is 79.9. The van der Waals surface area contributed by atoms with E-state index >= 15 is 0 Å². The van der Waals surface area contributed by atoms with Crippen LogP contribution in [-0.4, -0.2) is 25.6 Å². The highest BCUT2D eigenvalue weighted by Gasteiger charge is 2.11. The largest absolute Gasteiger partial charge is 0.496 e. The van der Waals surface area contributed by atoms with Crippen LogP contribution < -0.4 is 10.1 Å². The molecule has 1 N–H and O–H groups in total. The number of hydrogen-bond donors (Lipinski definition) is 1. The molecule has 2 aromatic carbocycles. The van der Waals surface area contributed by atoms with E-state index in [1.807, 2.05) is 37.3 Å². The van der Waals surface area contributed by atoms with Crippen LogP contribution in [0.1, 0.15) is 11.1 Å². The lowest BCUT2D eigenvalue weighted by molar-refractivity contribution is -0.142. The van der Waals surface area contributed by atoms with Gasteiger partial charge in [-0.1, -0.05) is 18.2 Å². The molecule has 0 spiro atoms. The number of hydrogen-bond acceptors (Lipinski definition) is 4. The monoisotopic (exact) mass is 481 g/mol. The van der Waals surface area contributed by atoms with Crippen molar-refractivity contribution < 1.29 is 19.1 Å². The molecule has 0 aliphatic heterocycles. The number of rotatable bonds is 6. The normalized spacial score (nSPS) is 10.6. The molecule has 0 heterocycles. The minimum absolute atomic E-state index is 0.387. The van der Waals surface area contributed by atoms with E-state index in [2.05, 4.69) is 37.2 Å². The van der Waals surface area contributed by atoms with E-state index in [1.165, 1.54) is 6.08 Å². The zero-order valence-corrected chi connectivity index (χ0v) is 17.4. The number of para-hydroxylation sites is 1. The molecule has 0 unspecified atom stereocenters. The molecule has 0 aromatic heterocycles. The van der Waals surface area contributed by atoms with Gasteiger partial charge < -0.3 is 14.8 Å². The number of carbonyl (C=O) groups is 2. The van der Waals surface area contributed by atoms with Gasteiger partial charge >= 0.3 is 5.97 Å². The molecule has 26 heavy (non-hydrogen) atoms. The molecule has 1 amide bonds. The summed E-state index contributed by atoms with van der Waals surface area (Å²) in [5, 5.41) is 2.70. The lowest BCUT2D eigenvalue weighted by atomic mass is 10.2. The fourth-order valence-electron chi connectivity index (χ4n) is 2.14. The van der Waals surface area contributed by atoms with Crippen LogP contribution in [-0.2, 0) is 14.3 Å². The minimum Gasteiger partial charge on any atom is -0.496 e. The lowest BCUT2D eigenvalue weighted by Gasteiger charge is -2.10. The van der Waals surface area contributed by atoms with Gasteiger partial charge in [0.2, 0.25) is 0 Å². The molecule has 0 saturated heterocycles. The first-order valence-electron chi connectivity index (χ1n) is 7.64. The van der Waals surface area contributed by atoms with Crippen LogP contribution in [0, 0.1) is 6.92 Å². The topological polar surface area (TPSA) is 64.6 Å². The summed E-state index contributed by atoms with van der Waals surface area (Å²) in [7, 11) is 1.55. The highest BCUT2D eigenvalue weighted by molar-refractivity contribution is 9.11. The maximum Gasteiger partial charge on any atom is 0.331 e. The van der Waals surface area contributed by atoms with Gasteiger partial charge in [-0.25, -0.2) is 4.79 Å². The van der Waals surface area contributed by atoms with Crippen molar-refractivity contribution in [3.05, 3.63) is 62.5 Å². The summed E-state index contributed by atoms with van der Waals surface area (Å²) in [6, 6.07) is 11.0. The summed E-state index contributed by atoms with van der Waals surface area (Å²) in [5.74, 6) is -0.411. The van der Waals surface area contributed by atoms with Gasteiger partial charge in [-0.3, -0.25) is 4.79 Å². The van der Waals surface area contributed by atoms with E-state index in [-0.39, 0.29) is 6.61 Å². The Morgan fingerprint density at radius 3 is 2.46 bits per heavy atom. The van der Waals surface area contributed by atoms with Crippen LogP contribution in [0.3, 0.4) is 0 Å². The SMILES string of the molecule is COc1ccccc1/C=C/C(=O)OCC(=O)Nc1c(Br)cc(C)cc1Br. The van der Waals surface area contributed by atoms with E-state index in [1.54, 1.807) is 19.3 Å². The van der Waals surface area contributed by atoms with Crippen LogP contribution in [0.2, 0.25) is 0 Å². The molecule has 0 bridgehead atoms. The van der Waals surface area contributed by atoms with Crippen molar-refractivity contribution in [2.45, 2.75) is 6.92 Å². The fourth-order valence-corrected chi connectivity index (χ4v) is 3.76. The molecule has 136 valence electrons. The number of anilines is 1. The van der Waals surface area contributed by atoms with E-state index in [4.69, 9.17) is 9.47 Å². The Morgan fingerprint density at radius 1 is 1.15 bits per heavy atom. The summed E-state index contributed by atoms with van der Waals surface area (Å²) in [6.07, 6.45) is 2.83. The van der Waals surface area contributed by atoms with Gasteiger partial charge in [0.1, 0.15) is 5.75 Å². The highest BCUT2D eigenvalue weighted by Crippen LogP contribution is 2.32. The van der Waals surface area contributed by atoms with Crippen LogP contribution in [0.15, 0.2) is 51.4 Å². The molecule has 0 atom stereocenters. The smallest absolute Gasteiger partial charge is 0.331 e. The van der Waals surface area contributed by atoms with Crippen LogP contribution in [0.25, 0.3) is 6.08 Å². The first-order valence-corrected chi connectivity index (χ1v) is 9.22. The molecule has 0 aliphatic carbocycles. The molecule has 0 saturated carbocycles. The Kier molecular flexibility index (Phi) is 7.41. The molecule has 0 radical (unpaired) electrons. The summed E-state index contributed by atoms with van der Waals surface area (Å²) >= 11 is 6.79. The van der Waals surface area contributed by atoms with Crippen LogP contribution in [0.5, 0.6) is 5.75 Å². The molecule has 5 nitrogen and oxygen atoms in total. The molecule has 7 heteroatoms. The standard InChI is InChI=1S/C19H17Br2NO4/c1-12-9-14(20)19(15(21)10-12)22-17(23)11-26-18(24)8-7-13-5-3-4-6-16(13)25-2/h3-10H,11H2,1-2H3,(H,22,23)/b8-7+. The van der Waals surface area contributed by atoms with Gasteiger partial charge in [0.25, 0.3) is 5.91 Å². The van der Waals surface area contributed by atoms with Gasteiger partial charge in [0.15, 0.2) is 6.61 Å². The second kappa shape index (κ2) is 9.54. The number of nitrogens with one attached hydrogen (secondary N) is 1. The zero-order valence-electron chi connectivity index (χ0n) is 14.2. The van der Waals surface area contributed by atoms with Crippen molar-refractivity contribution >= 4 is 55.5 Å². The molecule has 0 aliphatic rings. The second-order valence-electron chi connectivity index (χ2n) is 5.33. The van der Waals surface area contributed by atoms with Gasteiger partial charge in [-0.15, -0.1) is 0 Å². The van der Waals surface area contributed by atoms with Gasteiger partial charge in [-0.2, -0.15) is 0 Å². The van der Waals surface area contributed by atoms with E-state index in [9.17, 15) is 9.59 Å². The third-order valence-corrected chi connectivity index (χ3v) is 4.59. The number of esters is 1.